The Morgan fingerprint density at radius 1 is 1.50 bits per heavy atom. The first-order valence-corrected chi connectivity index (χ1v) is 3.72. The van der Waals surface area contributed by atoms with Crippen molar-refractivity contribution in [2.24, 2.45) is 0 Å². The topological polar surface area (TPSA) is 34.1 Å². The van der Waals surface area contributed by atoms with Gasteiger partial charge in [-0.05, 0) is 0 Å². The largest absolute Gasteiger partial charge is 0.271 e. The van der Waals surface area contributed by atoms with Crippen LogP contribution in [0.5, 0.6) is 0 Å². The molecule has 0 unspecified atom stereocenters. The molecule has 0 rings (SSSR count). The van der Waals surface area contributed by atoms with Crippen LogP contribution in [0.3, 0.4) is 0 Å². The molecule has 0 aromatic rings. The van der Waals surface area contributed by atoms with Crippen molar-refractivity contribution in [3.63, 3.8) is 0 Å². The average Bonchev–Trinajstić information content (AvgIpc) is 1.21. The second-order valence-corrected chi connectivity index (χ2v) is 3.48. The molecule has 0 atom stereocenters. The molecular weight excluding hydrogens is 178 g/mol. The summed E-state index contributed by atoms with van der Waals surface area (Å²) in [5.74, 6) is -0.856. The van der Waals surface area contributed by atoms with E-state index >= 15 is 0 Å². The van der Waals surface area contributed by atoms with E-state index in [1.165, 1.54) is 0 Å². The lowest BCUT2D eigenvalue weighted by Crippen LogP contribution is -2.11. The van der Waals surface area contributed by atoms with Crippen molar-refractivity contribution in [3.8, 4) is 0 Å². The first kappa shape index (κ1) is 8.46. The highest BCUT2D eigenvalue weighted by Gasteiger charge is 2.22. The molecule has 2 nitrogen and oxygen atoms in total. The first-order chi connectivity index (χ1) is 3.42. The van der Waals surface area contributed by atoms with Gasteiger partial charge in [-0.1, -0.05) is 23.2 Å². The molecule has 0 bridgehead atoms. The number of halogens is 3. The van der Waals surface area contributed by atoms with E-state index in [1.54, 1.807) is 0 Å². The number of thiol groups is 1. The summed E-state index contributed by atoms with van der Waals surface area (Å²) in [6.07, 6.45) is 0. The zero-order valence-corrected chi connectivity index (χ0v) is 6.01. The van der Waals surface area contributed by atoms with Gasteiger partial charge in [0.2, 0.25) is 0 Å². The molecule has 8 heavy (non-hydrogen) atoms. The predicted octanol–water partition coefficient (Wildman–Crippen LogP) is 0.699. The molecule has 0 spiro atoms. The third-order valence-corrected chi connectivity index (χ3v) is 1.64. The molecule has 50 valence electrons. The second-order valence-electron chi connectivity index (χ2n) is 1.11. The molecule has 0 N–H and O–H groups in total. The van der Waals surface area contributed by atoms with Crippen LogP contribution in [0, 0.1) is 0 Å². The molecular formula is C2H3Cl2FO2S. The van der Waals surface area contributed by atoms with E-state index in [9.17, 15) is 12.8 Å². The number of alkyl halides is 3. The Morgan fingerprint density at radius 2 is 1.88 bits per heavy atom. The maximum atomic E-state index is 11.8. The van der Waals surface area contributed by atoms with Crippen LogP contribution in [0.4, 0.5) is 4.39 Å². The zero-order valence-electron chi connectivity index (χ0n) is 3.60. The lowest BCUT2D eigenvalue weighted by molar-refractivity contribution is 0.424. The molecule has 0 aliphatic heterocycles. The van der Waals surface area contributed by atoms with Crippen LogP contribution in [0.1, 0.15) is 0 Å². The summed E-state index contributed by atoms with van der Waals surface area (Å²) >= 11 is 9.29. The molecule has 0 fully saturated rings. The molecule has 0 saturated heterocycles. The van der Waals surface area contributed by atoms with Crippen molar-refractivity contribution in [1.82, 2.24) is 0 Å². The highest BCUT2D eigenvalue weighted by molar-refractivity contribution is 7.72. The quantitative estimate of drug-likeness (QED) is 0.502. The summed E-state index contributed by atoms with van der Waals surface area (Å²) < 4.78 is 28.4. The van der Waals surface area contributed by atoms with Crippen LogP contribution in [0.2, 0.25) is 0 Å². The van der Waals surface area contributed by atoms with Gasteiger partial charge in [-0.15, -0.1) is 0 Å². The third-order valence-electron chi connectivity index (χ3n) is 0.308. The van der Waals surface area contributed by atoms with Gasteiger partial charge in [0.15, 0.2) is 0 Å². The highest BCUT2D eigenvalue weighted by atomic mass is 35.5. The van der Waals surface area contributed by atoms with Crippen molar-refractivity contribution in [3.05, 3.63) is 0 Å². The first-order valence-electron chi connectivity index (χ1n) is 1.60. The highest BCUT2D eigenvalue weighted by Crippen LogP contribution is 2.21. The minimum Gasteiger partial charge on any atom is -0.232 e. The van der Waals surface area contributed by atoms with Gasteiger partial charge in [-0.2, -0.15) is 0 Å². The molecule has 0 aliphatic rings. The minimum atomic E-state index is -2.83. The van der Waals surface area contributed by atoms with Crippen molar-refractivity contribution in [2.45, 2.75) is 4.59 Å². The standard InChI is InChI=1S/C2H3Cl2FO2S/c3-2(4,5)1-8(6)7/h8H,1H2. The fraction of sp³-hybridized carbons (Fsp3) is 1.00. The van der Waals surface area contributed by atoms with Crippen molar-refractivity contribution in [1.29, 1.82) is 0 Å². The smallest absolute Gasteiger partial charge is 0.232 e. The van der Waals surface area contributed by atoms with Crippen LogP contribution < -0.4 is 0 Å². The maximum absolute atomic E-state index is 11.8. The van der Waals surface area contributed by atoms with Gasteiger partial charge in [-0.3, -0.25) is 0 Å². The predicted molar refractivity (Wildman–Crippen MR) is 30.7 cm³/mol. The SMILES string of the molecule is O=[SH](=O)CC(F)(Cl)Cl. The van der Waals surface area contributed by atoms with E-state index in [0.29, 0.717) is 0 Å². The number of hydrogen-bond donors (Lipinski definition) is 1. The fourth-order valence-electron chi connectivity index (χ4n) is 0.146. The van der Waals surface area contributed by atoms with E-state index < -0.39 is 21.0 Å². The number of hydrogen-bond acceptors (Lipinski definition) is 2. The molecule has 0 saturated carbocycles. The lowest BCUT2D eigenvalue weighted by Gasteiger charge is -2.00. The maximum Gasteiger partial charge on any atom is 0.271 e. The Morgan fingerprint density at radius 3 is 1.88 bits per heavy atom. The van der Waals surface area contributed by atoms with E-state index in [1.807, 2.05) is 0 Å². The van der Waals surface area contributed by atoms with Crippen LogP contribution in [0.15, 0.2) is 0 Å². The van der Waals surface area contributed by atoms with Gasteiger partial charge < -0.3 is 0 Å². The molecule has 0 aromatic carbocycles. The molecule has 0 aromatic heterocycles. The summed E-state index contributed by atoms with van der Waals surface area (Å²) in [5.41, 5.74) is 0. The zero-order chi connectivity index (χ0) is 6.78. The van der Waals surface area contributed by atoms with Gasteiger partial charge in [-0.25, -0.2) is 12.8 Å². The number of rotatable bonds is 2. The van der Waals surface area contributed by atoms with E-state index in [-0.39, 0.29) is 0 Å². The average molecular weight is 181 g/mol. The van der Waals surface area contributed by atoms with Gasteiger partial charge in [0, 0.05) is 0 Å². The van der Waals surface area contributed by atoms with E-state index in [4.69, 9.17) is 0 Å². The Hall–Kier alpha value is 0.460. The minimum absolute atomic E-state index is 0.856. The van der Waals surface area contributed by atoms with Crippen LogP contribution >= 0.6 is 23.2 Å². The normalized spacial score (nSPS) is 12.5. The summed E-state index contributed by atoms with van der Waals surface area (Å²) in [6, 6.07) is 0. The summed E-state index contributed by atoms with van der Waals surface area (Å²) in [5, 5.41) is 0. The van der Waals surface area contributed by atoms with Gasteiger partial charge in [0.1, 0.15) is 16.5 Å². The molecule has 0 aliphatic carbocycles. The lowest BCUT2D eigenvalue weighted by atomic mass is 10.9. The van der Waals surface area contributed by atoms with Crippen molar-refractivity contribution < 1.29 is 12.8 Å². The molecule has 0 heterocycles. The van der Waals surface area contributed by atoms with Crippen LogP contribution in [0.25, 0.3) is 0 Å². The Bertz CT molecular complexity index is 129. The summed E-state index contributed by atoms with van der Waals surface area (Å²) in [4.78, 5) is 0. The Kier molecular flexibility index (Phi) is 3.01. The van der Waals surface area contributed by atoms with Crippen molar-refractivity contribution in [2.75, 3.05) is 5.75 Å². The second kappa shape index (κ2) is 2.85. The monoisotopic (exact) mass is 180 g/mol. The van der Waals surface area contributed by atoms with Gasteiger partial charge in [0.05, 0.1) is 0 Å². The van der Waals surface area contributed by atoms with Gasteiger partial charge in [0.25, 0.3) is 4.59 Å². The third kappa shape index (κ3) is 6.46. The van der Waals surface area contributed by atoms with Crippen molar-refractivity contribution >= 4 is 33.9 Å². The molecule has 0 radical (unpaired) electrons. The van der Waals surface area contributed by atoms with Gasteiger partial charge >= 0.3 is 0 Å². The molecule has 6 heteroatoms. The summed E-state index contributed by atoms with van der Waals surface area (Å²) in [7, 11) is -2.83. The van der Waals surface area contributed by atoms with E-state index in [2.05, 4.69) is 23.2 Å². The Labute approximate surface area is 57.5 Å². The van der Waals surface area contributed by atoms with Crippen LogP contribution in [-0.2, 0) is 10.7 Å². The fourth-order valence-corrected chi connectivity index (χ4v) is 1.02. The summed E-state index contributed by atoms with van der Waals surface area (Å²) in [6.45, 7) is 0. The Balaban J connectivity index is 3.73. The van der Waals surface area contributed by atoms with E-state index in [0.717, 1.165) is 0 Å². The molecule has 0 amide bonds. The van der Waals surface area contributed by atoms with Crippen LogP contribution in [-0.4, -0.2) is 18.8 Å².